The van der Waals surface area contributed by atoms with Gasteiger partial charge in [-0.15, -0.1) is 12.3 Å². The van der Waals surface area contributed by atoms with E-state index in [1.165, 1.54) is 6.20 Å². The Morgan fingerprint density at radius 1 is 1.28 bits per heavy atom. The molecule has 1 saturated heterocycles. The van der Waals surface area contributed by atoms with Crippen molar-refractivity contribution in [2.45, 2.75) is 45.7 Å². The normalized spacial score (nSPS) is 14.4. The zero-order valence-electron chi connectivity index (χ0n) is 18.9. The van der Waals surface area contributed by atoms with Crippen LogP contribution in [-0.4, -0.2) is 55.0 Å². The average Bonchev–Trinajstić information content (AvgIpc) is 3.30. The number of nitrogens with zero attached hydrogens (tertiary/aromatic N) is 6. The fourth-order valence-corrected chi connectivity index (χ4v) is 3.98. The summed E-state index contributed by atoms with van der Waals surface area (Å²) in [5, 5.41) is 14.7. The first-order chi connectivity index (χ1) is 14.8. The van der Waals surface area contributed by atoms with E-state index in [0.29, 0.717) is 31.0 Å². The Labute approximate surface area is 187 Å². The molecule has 0 saturated carbocycles. The number of carbonyl (C=O) groups is 1. The molecule has 1 aliphatic heterocycles. The second kappa shape index (κ2) is 8.80. The van der Waals surface area contributed by atoms with E-state index < -0.39 is 0 Å². The lowest BCUT2D eigenvalue weighted by atomic mass is 9.86. The van der Waals surface area contributed by atoms with Gasteiger partial charge < -0.3 is 16.4 Å². The summed E-state index contributed by atoms with van der Waals surface area (Å²) >= 11 is 0. The van der Waals surface area contributed by atoms with Crippen LogP contribution >= 0.6 is 0 Å². The maximum Gasteiger partial charge on any atom is 0.271 e. The minimum absolute atomic E-state index is 0. The van der Waals surface area contributed by atoms with Gasteiger partial charge in [-0.3, -0.25) is 14.6 Å². The number of hydrogen-bond donors (Lipinski definition) is 3. The molecule has 0 atom stereocenters. The average molecular weight is 436 g/mol. The zero-order valence-corrected chi connectivity index (χ0v) is 18.9. The molecule has 4 rings (SSSR count). The van der Waals surface area contributed by atoms with Crippen LogP contribution in [0.5, 0.6) is 0 Å². The van der Waals surface area contributed by atoms with Crippen molar-refractivity contribution < 1.29 is 4.79 Å². The number of nitrogens with one attached hydrogen (secondary N) is 2. The summed E-state index contributed by atoms with van der Waals surface area (Å²) in [4.78, 5) is 22.9. The highest BCUT2D eigenvalue weighted by Gasteiger charge is 2.45. The number of carbonyl (C=O) groups excluding carboxylic acids is 1. The van der Waals surface area contributed by atoms with Crippen molar-refractivity contribution in [2.24, 2.45) is 0 Å². The number of H-pyrrole nitrogens is 1. The minimum Gasteiger partial charge on any atom is -0.350 e. The van der Waals surface area contributed by atoms with Gasteiger partial charge >= 0.3 is 0 Å². The highest BCUT2D eigenvalue weighted by molar-refractivity contribution is 5.92. The molecule has 0 spiro atoms. The van der Waals surface area contributed by atoms with Gasteiger partial charge in [-0.25, -0.2) is 9.97 Å². The molecular formula is C22H29N9O. The first-order valence-electron chi connectivity index (χ1n) is 10.2. The Bertz CT molecular complexity index is 1110. The molecule has 0 aromatic carbocycles. The number of hydrogen-bond acceptors (Lipinski definition) is 7. The minimum atomic E-state index is -0.312. The third-order valence-electron chi connectivity index (χ3n) is 5.50. The van der Waals surface area contributed by atoms with E-state index in [9.17, 15) is 4.79 Å². The van der Waals surface area contributed by atoms with Gasteiger partial charge in [0.05, 0.1) is 24.3 Å². The largest absolute Gasteiger partial charge is 0.350 e. The van der Waals surface area contributed by atoms with E-state index in [2.05, 4.69) is 41.4 Å². The molecule has 1 amide bonds. The lowest BCUT2D eigenvalue weighted by Crippen LogP contribution is -2.63. The molecular weight excluding hydrogens is 406 g/mol. The molecule has 5 N–H and O–H groups in total. The Morgan fingerprint density at radius 2 is 2.03 bits per heavy atom. The quantitative estimate of drug-likeness (QED) is 0.504. The maximum absolute atomic E-state index is 12.1. The molecule has 0 aliphatic carbocycles. The van der Waals surface area contributed by atoms with Crippen molar-refractivity contribution >= 4 is 11.7 Å². The molecule has 0 radical (unpaired) electrons. The van der Waals surface area contributed by atoms with Gasteiger partial charge in [-0.2, -0.15) is 10.2 Å². The van der Waals surface area contributed by atoms with E-state index in [1.807, 2.05) is 44.8 Å². The Hall–Kier alpha value is -3.71. The molecule has 32 heavy (non-hydrogen) atoms. The summed E-state index contributed by atoms with van der Waals surface area (Å²) in [5.41, 5.74) is 4.02. The predicted molar refractivity (Wildman–Crippen MR) is 123 cm³/mol. The fraction of sp³-hybridized carbons (Fsp3) is 0.409. The van der Waals surface area contributed by atoms with Gasteiger partial charge in [0.25, 0.3) is 5.91 Å². The Kier molecular flexibility index (Phi) is 6.32. The van der Waals surface area contributed by atoms with E-state index in [-0.39, 0.29) is 23.6 Å². The fourth-order valence-electron chi connectivity index (χ4n) is 3.98. The molecule has 168 valence electrons. The number of aromatic amines is 1. The highest BCUT2D eigenvalue weighted by atomic mass is 16.1. The first kappa shape index (κ1) is 23.0. The van der Waals surface area contributed by atoms with Crippen molar-refractivity contribution in [2.75, 3.05) is 18.0 Å². The van der Waals surface area contributed by atoms with Crippen LogP contribution in [0, 0.1) is 26.2 Å². The van der Waals surface area contributed by atoms with Crippen molar-refractivity contribution in [3.63, 3.8) is 0 Å². The van der Waals surface area contributed by atoms with Gasteiger partial charge in [0, 0.05) is 48.6 Å². The number of anilines is 1. The van der Waals surface area contributed by atoms with Gasteiger partial charge in [-0.1, -0.05) is 0 Å². The Morgan fingerprint density at radius 3 is 2.59 bits per heavy atom. The van der Waals surface area contributed by atoms with Crippen molar-refractivity contribution in [1.82, 2.24) is 41.4 Å². The standard InChI is InChI=1S/C22H26N8O.H3N/c1-6-7-22(30-11-17(8-25-30)20-15(4)27-28-16(20)5)12-29(13-22)19-10-23-18(9-24-19)21(31)26-14(2)3;/h1,8-11,14H,7,12-13H2,2-5H3,(H,26,31)(H,27,28);1H3. The van der Waals surface area contributed by atoms with Crippen LogP contribution in [-0.2, 0) is 5.54 Å². The molecule has 0 bridgehead atoms. The monoisotopic (exact) mass is 435 g/mol. The van der Waals surface area contributed by atoms with Crippen LogP contribution in [0.15, 0.2) is 24.8 Å². The summed E-state index contributed by atoms with van der Waals surface area (Å²) in [5.74, 6) is 3.28. The molecule has 3 aromatic heterocycles. The zero-order chi connectivity index (χ0) is 22.2. The molecule has 10 nitrogen and oxygen atoms in total. The van der Waals surface area contributed by atoms with Crippen LogP contribution in [0.1, 0.15) is 42.1 Å². The lowest BCUT2D eigenvalue weighted by Gasteiger charge is -2.49. The molecule has 0 unspecified atom stereocenters. The number of aryl methyl sites for hydroxylation is 2. The van der Waals surface area contributed by atoms with E-state index >= 15 is 0 Å². The number of terminal acetylenes is 1. The van der Waals surface area contributed by atoms with Gasteiger partial charge in [0.15, 0.2) is 0 Å². The topological polar surface area (TPSA) is 140 Å². The number of aromatic nitrogens is 6. The summed E-state index contributed by atoms with van der Waals surface area (Å²) in [6.07, 6.45) is 13.3. The molecule has 3 aromatic rings. The van der Waals surface area contributed by atoms with Crippen molar-refractivity contribution in [3.05, 3.63) is 41.9 Å². The highest BCUT2D eigenvalue weighted by Crippen LogP contribution is 2.36. The predicted octanol–water partition coefficient (Wildman–Crippen LogP) is 2.22. The van der Waals surface area contributed by atoms with Crippen LogP contribution < -0.4 is 16.4 Å². The van der Waals surface area contributed by atoms with Crippen LogP contribution in [0.25, 0.3) is 11.1 Å². The van der Waals surface area contributed by atoms with Crippen LogP contribution in [0.4, 0.5) is 5.82 Å². The smallest absolute Gasteiger partial charge is 0.271 e. The third-order valence-corrected chi connectivity index (χ3v) is 5.50. The van der Waals surface area contributed by atoms with Crippen LogP contribution in [0.3, 0.4) is 0 Å². The van der Waals surface area contributed by atoms with E-state index in [1.54, 1.807) is 6.20 Å². The number of amides is 1. The Balaban J connectivity index is 0.00000289. The van der Waals surface area contributed by atoms with Gasteiger partial charge in [0.2, 0.25) is 0 Å². The second-order valence-corrected chi connectivity index (χ2v) is 8.33. The molecule has 1 fully saturated rings. The molecule has 10 heteroatoms. The van der Waals surface area contributed by atoms with Crippen molar-refractivity contribution in [1.29, 1.82) is 0 Å². The molecule has 4 heterocycles. The summed E-state index contributed by atoms with van der Waals surface area (Å²) in [6.45, 7) is 9.10. The lowest BCUT2D eigenvalue weighted by molar-refractivity contribution is 0.0937. The first-order valence-corrected chi connectivity index (χ1v) is 10.2. The maximum atomic E-state index is 12.1. The third kappa shape index (κ3) is 4.07. The van der Waals surface area contributed by atoms with Crippen molar-refractivity contribution in [3.8, 4) is 23.5 Å². The SMILES string of the molecule is C#CCC1(n2cc(-c3c(C)n[nH]c3C)cn2)CN(c2cnc(C(=O)NC(C)C)cn2)C1.N. The second-order valence-electron chi connectivity index (χ2n) is 8.33. The van der Waals surface area contributed by atoms with Crippen LogP contribution in [0.2, 0.25) is 0 Å². The van der Waals surface area contributed by atoms with E-state index in [0.717, 1.165) is 22.5 Å². The molecule has 1 aliphatic rings. The number of rotatable bonds is 6. The van der Waals surface area contributed by atoms with Gasteiger partial charge in [0.1, 0.15) is 17.1 Å². The van der Waals surface area contributed by atoms with E-state index in [4.69, 9.17) is 6.42 Å². The van der Waals surface area contributed by atoms with Gasteiger partial charge in [-0.05, 0) is 27.7 Å². The summed E-state index contributed by atoms with van der Waals surface area (Å²) in [7, 11) is 0. The summed E-state index contributed by atoms with van der Waals surface area (Å²) in [6, 6.07) is 0.0438. The summed E-state index contributed by atoms with van der Waals surface area (Å²) < 4.78 is 1.96.